The van der Waals surface area contributed by atoms with E-state index in [4.69, 9.17) is 16.3 Å². The number of imidazole rings is 1. The molecule has 1 aliphatic rings. The molecular weight excluding hydrogens is 374 g/mol. The first-order valence-electron chi connectivity index (χ1n) is 8.33. The second-order valence-corrected chi connectivity index (χ2v) is 6.87. The lowest BCUT2D eigenvalue weighted by atomic mass is 10.1. The lowest BCUT2D eigenvalue weighted by molar-refractivity contribution is -0.0612. The van der Waals surface area contributed by atoms with E-state index in [1.165, 1.54) is 17.2 Å². The first-order chi connectivity index (χ1) is 13.0. The first-order valence-corrected chi connectivity index (χ1v) is 8.71. The van der Waals surface area contributed by atoms with E-state index in [9.17, 15) is 15.3 Å². The van der Waals surface area contributed by atoms with Crippen molar-refractivity contribution in [2.24, 2.45) is 0 Å². The van der Waals surface area contributed by atoms with Gasteiger partial charge in [-0.2, -0.15) is 0 Å². The van der Waals surface area contributed by atoms with E-state index in [-0.39, 0.29) is 0 Å². The third-order valence-electron chi connectivity index (χ3n) is 4.51. The number of aliphatic hydroxyl groups excluding tert-OH is 2. The Labute approximate surface area is 159 Å². The van der Waals surface area contributed by atoms with Gasteiger partial charge in [-0.05, 0) is 5.56 Å². The van der Waals surface area contributed by atoms with Gasteiger partial charge in [-0.25, -0.2) is 15.0 Å². The molecule has 0 bridgehead atoms. The molecule has 0 spiro atoms. The standard InChI is InChI=1S/C17H18ClN5O4/c18-17(26)13(25)11(7-24)27-16(17)23-9-22-12-14(20-8-21-15(12)23)19-6-10-4-2-1-3-5-10/h1-5,8-9,11,13,16,24-26H,6-7H2,(H,19,20,21)/t11-,13-,16-,17-/m1/s1. The van der Waals surface area contributed by atoms with Gasteiger partial charge in [0.05, 0.1) is 12.9 Å². The van der Waals surface area contributed by atoms with Crippen LogP contribution in [-0.2, 0) is 11.3 Å². The van der Waals surface area contributed by atoms with E-state index in [1.807, 2.05) is 30.3 Å². The van der Waals surface area contributed by atoms with Gasteiger partial charge in [-0.3, -0.25) is 4.57 Å². The van der Waals surface area contributed by atoms with Gasteiger partial charge in [0.25, 0.3) is 0 Å². The fourth-order valence-electron chi connectivity index (χ4n) is 3.08. The molecule has 142 valence electrons. The number of fused-ring (bicyclic) bond motifs is 1. The lowest BCUT2D eigenvalue weighted by Crippen LogP contribution is -2.42. The van der Waals surface area contributed by atoms with Crippen LogP contribution in [0.2, 0.25) is 0 Å². The number of rotatable bonds is 5. The molecule has 4 atom stereocenters. The van der Waals surface area contributed by atoms with Crippen molar-refractivity contribution in [1.29, 1.82) is 0 Å². The van der Waals surface area contributed by atoms with Crippen LogP contribution in [-0.4, -0.2) is 58.7 Å². The second kappa shape index (κ2) is 7.02. The number of halogens is 1. The quantitative estimate of drug-likeness (QED) is 0.466. The molecule has 0 radical (unpaired) electrons. The molecule has 2 aromatic heterocycles. The number of benzene rings is 1. The normalized spacial score (nSPS) is 27.9. The van der Waals surface area contributed by atoms with Crippen LogP contribution in [0.3, 0.4) is 0 Å². The Morgan fingerprint density at radius 3 is 2.70 bits per heavy atom. The predicted octanol–water partition coefficient (Wildman–Crippen LogP) is 0.616. The minimum atomic E-state index is -2.14. The molecule has 3 heterocycles. The van der Waals surface area contributed by atoms with E-state index < -0.39 is 30.1 Å². The van der Waals surface area contributed by atoms with Crippen molar-refractivity contribution in [2.45, 2.75) is 30.0 Å². The van der Waals surface area contributed by atoms with Crippen LogP contribution in [0.4, 0.5) is 5.82 Å². The number of aliphatic hydroxyl groups is 3. The summed E-state index contributed by atoms with van der Waals surface area (Å²) in [6.45, 7) is 0.0582. The average Bonchev–Trinajstić information content (AvgIpc) is 3.20. The van der Waals surface area contributed by atoms with Crippen molar-refractivity contribution >= 4 is 28.6 Å². The van der Waals surface area contributed by atoms with Gasteiger partial charge < -0.3 is 25.4 Å². The highest BCUT2D eigenvalue weighted by atomic mass is 35.5. The van der Waals surface area contributed by atoms with Crippen LogP contribution < -0.4 is 5.32 Å². The van der Waals surface area contributed by atoms with Gasteiger partial charge in [-0.15, -0.1) is 0 Å². The molecule has 27 heavy (non-hydrogen) atoms. The highest BCUT2D eigenvalue weighted by Crippen LogP contribution is 2.42. The van der Waals surface area contributed by atoms with Crippen molar-refractivity contribution in [3.05, 3.63) is 48.5 Å². The van der Waals surface area contributed by atoms with Crippen LogP contribution in [0.25, 0.3) is 11.2 Å². The molecule has 0 amide bonds. The predicted molar refractivity (Wildman–Crippen MR) is 96.9 cm³/mol. The highest BCUT2D eigenvalue weighted by Gasteiger charge is 2.55. The van der Waals surface area contributed by atoms with Crippen LogP contribution in [0.15, 0.2) is 43.0 Å². The number of hydrogen-bond donors (Lipinski definition) is 4. The van der Waals surface area contributed by atoms with Crippen LogP contribution >= 0.6 is 11.6 Å². The number of aromatic nitrogens is 4. The molecule has 3 aromatic rings. The summed E-state index contributed by atoms with van der Waals surface area (Å²) < 4.78 is 6.93. The van der Waals surface area contributed by atoms with Gasteiger partial charge in [0.1, 0.15) is 18.5 Å². The van der Waals surface area contributed by atoms with E-state index in [1.54, 1.807) is 0 Å². The maximum atomic E-state index is 10.4. The summed E-state index contributed by atoms with van der Waals surface area (Å²) in [7, 11) is 0. The van der Waals surface area contributed by atoms with E-state index >= 15 is 0 Å². The number of anilines is 1. The van der Waals surface area contributed by atoms with Crippen molar-refractivity contribution in [2.75, 3.05) is 11.9 Å². The summed E-state index contributed by atoms with van der Waals surface area (Å²) in [5.41, 5.74) is 1.91. The van der Waals surface area contributed by atoms with E-state index in [2.05, 4.69) is 20.3 Å². The molecule has 4 N–H and O–H groups in total. The number of ether oxygens (including phenoxy) is 1. The largest absolute Gasteiger partial charge is 0.394 e. The summed E-state index contributed by atoms with van der Waals surface area (Å²) in [6.07, 6.45) is -0.905. The topological polar surface area (TPSA) is 126 Å². The molecule has 4 rings (SSSR count). The Balaban J connectivity index is 1.65. The average molecular weight is 392 g/mol. The molecule has 1 fully saturated rings. The zero-order chi connectivity index (χ0) is 19.0. The van der Waals surface area contributed by atoms with E-state index in [0.717, 1.165) is 5.56 Å². The van der Waals surface area contributed by atoms with Gasteiger partial charge >= 0.3 is 0 Å². The molecule has 0 aliphatic carbocycles. The third-order valence-corrected chi connectivity index (χ3v) is 4.92. The maximum Gasteiger partial charge on any atom is 0.212 e. The second-order valence-electron chi connectivity index (χ2n) is 6.27. The van der Waals surface area contributed by atoms with Crippen LogP contribution in [0.1, 0.15) is 11.8 Å². The SMILES string of the molecule is OC[C@H]1O[C@@H](n2cnc3c(NCc4ccccc4)ncnc32)[C@@](O)(Cl)[C@@H]1O. The van der Waals surface area contributed by atoms with Crippen molar-refractivity contribution in [1.82, 2.24) is 19.5 Å². The number of hydrogen-bond acceptors (Lipinski definition) is 8. The molecular formula is C17H18ClN5O4. The monoisotopic (exact) mass is 391 g/mol. The van der Waals surface area contributed by atoms with Gasteiger partial charge in [-0.1, -0.05) is 41.9 Å². The van der Waals surface area contributed by atoms with Crippen molar-refractivity contribution in [3.63, 3.8) is 0 Å². The number of alkyl halides is 1. The highest BCUT2D eigenvalue weighted by molar-refractivity contribution is 6.23. The summed E-state index contributed by atoms with van der Waals surface area (Å²) in [6, 6.07) is 9.81. The van der Waals surface area contributed by atoms with Crippen LogP contribution in [0, 0.1) is 0 Å². The Morgan fingerprint density at radius 2 is 2.00 bits per heavy atom. The summed E-state index contributed by atoms with van der Waals surface area (Å²) in [5, 5.41) is 30.9. The molecule has 1 aromatic carbocycles. The lowest BCUT2D eigenvalue weighted by Gasteiger charge is -2.24. The smallest absolute Gasteiger partial charge is 0.212 e. The fraction of sp³-hybridized carbons (Fsp3) is 0.353. The molecule has 10 heteroatoms. The molecule has 0 unspecified atom stereocenters. The first kappa shape index (κ1) is 18.1. The maximum absolute atomic E-state index is 10.4. The van der Waals surface area contributed by atoms with E-state index in [0.29, 0.717) is 23.5 Å². The number of nitrogens with zero attached hydrogens (tertiary/aromatic N) is 4. The fourth-order valence-corrected chi connectivity index (χ4v) is 3.38. The van der Waals surface area contributed by atoms with Gasteiger partial charge in [0, 0.05) is 6.54 Å². The zero-order valence-corrected chi connectivity index (χ0v) is 14.9. The Morgan fingerprint density at radius 1 is 1.22 bits per heavy atom. The summed E-state index contributed by atoms with van der Waals surface area (Å²) in [4.78, 5) is 12.7. The minimum Gasteiger partial charge on any atom is -0.394 e. The molecule has 1 aliphatic heterocycles. The summed E-state index contributed by atoms with van der Waals surface area (Å²) >= 11 is 6.09. The number of nitrogens with one attached hydrogen (secondary N) is 1. The van der Waals surface area contributed by atoms with Crippen molar-refractivity contribution in [3.8, 4) is 0 Å². The Hall–Kier alpha value is -2.30. The molecule has 0 saturated carbocycles. The zero-order valence-electron chi connectivity index (χ0n) is 14.1. The minimum absolute atomic E-state index is 0.371. The van der Waals surface area contributed by atoms with Crippen LogP contribution in [0.5, 0.6) is 0 Å². The Bertz CT molecular complexity index is 935. The van der Waals surface area contributed by atoms with Gasteiger partial charge in [0.2, 0.25) is 5.06 Å². The Kier molecular flexibility index (Phi) is 4.70. The van der Waals surface area contributed by atoms with Crippen molar-refractivity contribution < 1.29 is 20.1 Å². The molecule has 9 nitrogen and oxygen atoms in total. The third kappa shape index (κ3) is 3.13. The molecule has 1 saturated heterocycles. The summed E-state index contributed by atoms with van der Waals surface area (Å²) in [5.74, 6) is 0.512. The van der Waals surface area contributed by atoms with Gasteiger partial charge in [0.15, 0.2) is 23.2 Å².